The van der Waals surface area contributed by atoms with Crippen molar-refractivity contribution in [2.24, 2.45) is 0 Å². The Labute approximate surface area is 194 Å². The molecule has 1 aromatic heterocycles. The van der Waals surface area contributed by atoms with Crippen molar-refractivity contribution >= 4 is 44.1 Å². The Morgan fingerprint density at radius 2 is 1.81 bits per heavy atom. The Bertz CT molecular complexity index is 1110. The Hall–Kier alpha value is -2.64. The van der Waals surface area contributed by atoms with Crippen LogP contribution in [-0.2, 0) is 9.53 Å². The van der Waals surface area contributed by atoms with Crippen molar-refractivity contribution in [3.8, 4) is 16.9 Å². The van der Waals surface area contributed by atoms with Crippen LogP contribution in [-0.4, -0.2) is 25.1 Å². The molecule has 1 amide bonds. The second kappa shape index (κ2) is 10.1. The lowest BCUT2D eigenvalue weighted by Crippen LogP contribution is -2.21. The SMILES string of the molecule is CCOC(=O)c1c(-c2ccc(Br)cc2)csc1NC(=O)COc1cc(C)cc(C)c1C. The molecular weight excluding hydrogens is 478 g/mol. The van der Waals surface area contributed by atoms with Gasteiger partial charge in [0.1, 0.15) is 16.3 Å². The molecule has 1 N–H and O–H groups in total. The summed E-state index contributed by atoms with van der Waals surface area (Å²) in [6.45, 7) is 7.80. The first kappa shape index (κ1) is 23.0. The second-order valence-corrected chi connectivity index (χ2v) is 8.92. The molecule has 0 aliphatic rings. The number of hydrogen-bond donors (Lipinski definition) is 1. The third kappa shape index (κ3) is 5.54. The molecule has 3 rings (SSSR count). The van der Waals surface area contributed by atoms with Crippen molar-refractivity contribution < 1.29 is 19.1 Å². The third-order valence-corrected chi connectivity index (χ3v) is 6.23. The fraction of sp³-hybridized carbons (Fsp3) is 0.250. The summed E-state index contributed by atoms with van der Waals surface area (Å²) in [5.74, 6) is -0.128. The van der Waals surface area contributed by atoms with Crippen LogP contribution >= 0.6 is 27.3 Å². The van der Waals surface area contributed by atoms with Crippen molar-refractivity contribution in [2.75, 3.05) is 18.5 Å². The van der Waals surface area contributed by atoms with Gasteiger partial charge in [-0.1, -0.05) is 34.1 Å². The minimum absolute atomic E-state index is 0.155. The lowest BCUT2D eigenvalue weighted by Gasteiger charge is -2.13. The average Bonchev–Trinajstić information content (AvgIpc) is 3.13. The van der Waals surface area contributed by atoms with E-state index in [0.29, 0.717) is 16.3 Å². The Balaban J connectivity index is 1.81. The third-order valence-electron chi connectivity index (χ3n) is 4.80. The van der Waals surface area contributed by atoms with Crippen LogP contribution in [0, 0.1) is 20.8 Å². The van der Waals surface area contributed by atoms with Gasteiger partial charge < -0.3 is 14.8 Å². The van der Waals surface area contributed by atoms with Crippen molar-refractivity contribution in [3.05, 3.63) is 68.5 Å². The maximum Gasteiger partial charge on any atom is 0.341 e. The molecule has 2 aromatic carbocycles. The fourth-order valence-electron chi connectivity index (χ4n) is 3.15. The minimum atomic E-state index is -0.469. The molecule has 0 spiro atoms. The topological polar surface area (TPSA) is 64.6 Å². The summed E-state index contributed by atoms with van der Waals surface area (Å²) in [6, 6.07) is 11.6. The first-order chi connectivity index (χ1) is 14.8. The molecule has 0 saturated carbocycles. The van der Waals surface area contributed by atoms with Crippen molar-refractivity contribution in [2.45, 2.75) is 27.7 Å². The number of halogens is 1. The number of rotatable bonds is 7. The predicted octanol–water partition coefficient (Wildman–Crippen LogP) is 6.30. The number of carbonyl (C=O) groups excluding carboxylic acids is 2. The fourth-order valence-corrected chi connectivity index (χ4v) is 4.39. The van der Waals surface area contributed by atoms with Gasteiger partial charge in [-0.15, -0.1) is 11.3 Å². The minimum Gasteiger partial charge on any atom is -0.483 e. The molecule has 0 aliphatic heterocycles. The van der Waals surface area contributed by atoms with Crippen LogP contribution in [0.5, 0.6) is 5.75 Å². The van der Waals surface area contributed by atoms with Gasteiger partial charge in [-0.2, -0.15) is 0 Å². The smallest absolute Gasteiger partial charge is 0.341 e. The van der Waals surface area contributed by atoms with Crippen LogP contribution in [0.1, 0.15) is 34.0 Å². The molecule has 0 saturated heterocycles. The number of esters is 1. The summed E-state index contributed by atoms with van der Waals surface area (Å²) in [6.07, 6.45) is 0. The maximum absolute atomic E-state index is 12.7. The van der Waals surface area contributed by atoms with Crippen molar-refractivity contribution in [1.29, 1.82) is 0 Å². The van der Waals surface area contributed by atoms with E-state index in [4.69, 9.17) is 9.47 Å². The van der Waals surface area contributed by atoms with Crippen LogP contribution in [0.4, 0.5) is 5.00 Å². The predicted molar refractivity (Wildman–Crippen MR) is 128 cm³/mol. The summed E-state index contributed by atoms with van der Waals surface area (Å²) in [4.78, 5) is 25.3. The highest BCUT2D eigenvalue weighted by Crippen LogP contribution is 2.36. The van der Waals surface area contributed by atoms with Gasteiger partial charge in [-0.05, 0) is 68.1 Å². The highest BCUT2D eigenvalue weighted by atomic mass is 79.9. The second-order valence-electron chi connectivity index (χ2n) is 7.12. The lowest BCUT2D eigenvalue weighted by molar-refractivity contribution is -0.118. The van der Waals surface area contributed by atoms with Crippen LogP contribution in [0.2, 0.25) is 0 Å². The van der Waals surface area contributed by atoms with E-state index in [9.17, 15) is 9.59 Å². The summed E-state index contributed by atoms with van der Waals surface area (Å²) in [5, 5.41) is 5.11. The first-order valence-electron chi connectivity index (χ1n) is 9.85. The van der Waals surface area contributed by atoms with Gasteiger partial charge >= 0.3 is 5.97 Å². The number of carbonyl (C=O) groups is 2. The first-order valence-corrected chi connectivity index (χ1v) is 11.5. The molecule has 0 bridgehead atoms. The number of ether oxygens (including phenoxy) is 2. The van der Waals surface area contributed by atoms with Gasteiger partial charge in [0.15, 0.2) is 6.61 Å². The molecule has 0 radical (unpaired) electrons. The van der Waals surface area contributed by atoms with Crippen molar-refractivity contribution in [3.63, 3.8) is 0 Å². The summed E-state index contributed by atoms with van der Waals surface area (Å²) in [7, 11) is 0. The molecule has 31 heavy (non-hydrogen) atoms. The Morgan fingerprint density at radius 3 is 2.48 bits per heavy atom. The van der Waals surface area contributed by atoms with E-state index in [1.54, 1.807) is 6.92 Å². The van der Waals surface area contributed by atoms with Crippen molar-refractivity contribution in [1.82, 2.24) is 0 Å². The summed E-state index contributed by atoms with van der Waals surface area (Å²) >= 11 is 4.71. The molecular formula is C24H24BrNO4S. The number of thiophene rings is 1. The van der Waals surface area contributed by atoms with E-state index in [2.05, 4.69) is 27.3 Å². The monoisotopic (exact) mass is 501 g/mol. The van der Waals surface area contributed by atoms with E-state index in [0.717, 1.165) is 32.3 Å². The summed E-state index contributed by atoms with van der Waals surface area (Å²) in [5.41, 5.74) is 5.12. The van der Waals surface area contributed by atoms with Gasteiger partial charge in [0, 0.05) is 15.4 Å². The zero-order valence-corrected chi connectivity index (χ0v) is 20.3. The normalized spacial score (nSPS) is 10.6. The standard InChI is InChI=1S/C24H24BrNO4S/c1-5-29-24(28)22-19(17-6-8-18(25)9-7-17)13-31-23(22)26-21(27)12-30-20-11-14(2)10-15(3)16(20)4/h6-11,13H,5,12H2,1-4H3,(H,26,27). The van der Waals surface area contributed by atoms with Crippen LogP contribution in [0.3, 0.4) is 0 Å². The van der Waals surface area contributed by atoms with Gasteiger partial charge in [-0.3, -0.25) is 4.79 Å². The molecule has 7 heteroatoms. The Morgan fingerprint density at radius 1 is 1.10 bits per heavy atom. The van der Waals surface area contributed by atoms with Gasteiger partial charge in [-0.25, -0.2) is 4.79 Å². The van der Waals surface area contributed by atoms with Gasteiger partial charge in [0.25, 0.3) is 5.91 Å². The number of anilines is 1. The molecule has 3 aromatic rings. The number of benzene rings is 2. The average molecular weight is 502 g/mol. The number of hydrogen-bond acceptors (Lipinski definition) is 5. The van der Waals surface area contributed by atoms with E-state index in [1.807, 2.05) is 56.5 Å². The van der Waals surface area contributed by atoms with E-state index in [-0.39, 0.29) is 19.1 Å². The van der Waals surface area contributed by atoms with Crippen LogP contribution < -0.4 is 10.1 Å². The molecule has 0 aliphatic carbocycles. The zero-order chi connectivity index (χ0) is 22.5. The highest BCUT2D eigenvalue weighted by molar-refractivity contribution is 9.10. The van der Waals surface area contributed by atoms with Crippen LogP contribution in [0.25, 0.3) is 11.1 Å². The largest absolute Gasteiger partial charge is 0.483 e. The lowest BCUT2D eigenvalue weighted by atomic mass is 10.0. The zero-order valence-electron chi connectivity index (χ0n) is 17.9. The molecule has 0 unspecified atom stereocenters. The van der Waals surface area contributed by atoms with E-state index < -0.39 is 5.97 Å². The Kier molecular flexibility index (Phi) is 7.51. The summed E-state index contributed by atoms with van der Waals surface area (Å²) < 4.78 is 11.9. The van der Waals surface area contributed by atoms with Gasteiger partial charge in [0.05, 0.1) is 6.61 Å². The number of aryl methyl sites for hydroxylation is 2. The number of nitrogens with one attached hydrogen (secondary N) is 1. The maximum atomic E-state index is 12.7. The van der Waals surface area contributed by atoms with E-state index >= 15 is 0 Å². The molecule has 1 heterocycles. The van der Waals surface area contributed by atoms with Crippen LogP contribution in [0.15, 0.2) is 46.3 Å². The molecule has 5 nitrogen and oxygen atoms in total. The number of amides is 1. The van der Waals surface area contributed by atoms with Gasteiger partial charge in [0.2, 0.25) is 0 Å². The molecule has 162 valence electrons. The highest BCUT2D eigenvalue weighted by Gasteiger charge is 2.23. The molecule has 0 fully saturated rings. The molecule has 0 atom stereocenters. The quantitative estimate of drug-likeness (QED) is 0.386. The van der Waals surface area contributed by atoms with E-state index in [1.165, 1.54) is 11.3 Å².